The zero-order chi connectivity index (χ0) is 9.40. The Morgan fingerprint density at radius 3 is 2.08 bits per heavy atom. The Hall–Kier alpha value is -0.790. The van der Waals surface area contributed by atoms with Crippen molar-refractivity contribution in [1.29, 1.82) is 0 Å². The molecular weight excluding hydrogens is 173 g/mol. The van der Waals surface area contributed by atoms with Gasteiger partial charge >= 0.3 is 0 Å². The molecule has 0 spiro atoms. The Kier molecular flexibility index (Phi) is 6.44. The van der Waals surface area contributed by atoms with Crippen LogP contribution in [0, 0.1) is 6.92 Å². The molecule has 0 aliphatic heterocycles. The maximum atomic E-state index is 8.57. The molecule has 0 aromatic heterocycles. The van der Waals surface area contributed by atoms with Crippen LogP contribution < -0.4 is 5.32 Å². The lowest BCUT2D eigenvalue weighted by Gasteiger charge is -1.97. The molecule has 0 bridgehead atoms. The summed E-state index contributed by atoms with van der Waals surface area (Å²) in [6.07, 6.45) is 0. The van der Waals surface area contributed by atoms with E-state index in [2.05, 4.69) is 36.5 Å². The quantitative estimate of drug-likeness (QED) is 0.658. The third kappa shape index (κ3) is 4.94. The van der Waals surface area contributed by atoms with Gasteiger partial charge in [0.05, 0.1) is 0 Å². The number of anilines is 1. The van der Waals surface area contributed by atoms with Crippen LogP contribution >= 0.6 is 8.69 Å². The largest absolute Gasteiger partial charge is 0.388 e. The van der Waals surface area contributed by atoms with Crippen LogP contribution in [0.5, 0.6) is 0 Å². The highest BCUT2D eigenvalue weighted by molar-refractivity contribution is 7.16. The fourth-order valence-electron chi connectivity index (χ4n) is 0.720. The van der Waals surface area contributed by atoms with Crippen LogP contribution in [0.2, 0.25) is 0 Å². The summed E-state index contributed by atoms with van der Waals surface area (Å²) in [6, 6.07) is 8.31. The molecule has 0 fully saturated rings. The van der Waals surface area contributed by atoms with Gasteiger partial charge in [-0.25, -0.2) is 0 Å². The van der Waals surface area contributed by atoms with Gasteiger partial charge in [0.2, 0.25) is 0 Å². The number of aryl methyl sites for hydroxylation is 1. The molecule has 0 amide bonds. The lowest BCUT2D eigenvalue weighted by atomic mass is 10.2. The highest BCUT2D eigenvalue weighted by atomic mass is 31.1. The first-order chi connectivity index (χ1) is 5.74. The second-order valence-electron chi connectivity index (χ2n) is 2.22. The zero-order valence-corrected chi connectivity index (χ0v) is 8.40. The molecule has 1 atom stereocenters. The van der Waals surface area contributed by atoms with Crippen molar-refractivity contribution in [1.82, 2.24) is 0 Å². The predicted octanol–water partition coefficient (Wildman–Crippen LogP) is 1.69. The van der Waals surface area contributed by atoms with E-state index >= 15 is 0 Å². The van der Waals surface area contributed by atoms with Gasteiger partial charge < -0.3 is 10.2 Å². The molecule has 1 unspecified atom stereocenters. The van der Waals surface area contributed by atoms with E-state index in [4.69, 9.17) is 9.46 Å². The summed E-state index contributed by atoms with van der Waals surface area (Å²) >= 11 is 0. The SMILES string of the molecule is CNc1ccc(C)cc1.O=[PH2]O. The van der Waals surface area contributed by atoms with E-state index in [1.165, 1.54) is 11.3 Å². The molecule has 0 aliphatic carbocycles. The Bertz CT molecular complexity index is 223. The van der Waals surface area contributed by atoms with Gasteiger partial charge in [-0.1, -0.05) is 17.7 Å². The second-order valence-corrected chi connectivity index (χ2v) is 2.43. The first-order valence-corrected chi connectivity index (χ1v) is 4.55. The van der Waals surface area contributed by atoms with Crippen molar-refractivity contribution in [2.75, 3.05) is 12.4 Å². The summed E-state index contributed by atoms with van der Waals surface area (Å²) in [5.41, 5.74) is 2.47. The average molecular weight is 187 g/mol. The van der Waals surface area contributed by atoms with Gasteiger partial charge in [-0.3, -0.25) is 4.57 Å². The van der Waals surface area contributed by atoms with E-state index in [1.54, 1.807) is 0 Å². The van der Waals surface area contributed by atoms with Crippen molar-refractivity contribution in [3.8, 4) is 0 Å². The number of hydrogen-bond donors (Lipinski definition) is 2. The van der Waals surface area contributed by atoms with E-state index in [0.717, 1.165) is 0 Å². The van der Waals surface area contributed by atoms with Gasteiger partial charge in [0.1, 0.15) is 0 Å². The van der Waals surface area contributed by atoms with Crippen LogP contribution in [-0.4, -0.2) is 11.9 Å². The van der Waals surface area contributed by atoms with Crippen molar-refractivity contribution in [2.24, 2.45) is 0 Å². The number of benzene rings is 1. The molecular formula is C8H14NO2P. The molecule has 0 heterocycles. The Morgan fingerprint density at radius 2 is 1.75 bits per heavy atom. The maximum Gasteiger partial charge on any atom is 0.177 e. The van der Waals surface area contributed by atoms with Crippen LogP contribution in [0.25, 0.3) is 0 Å². The highest BCUT2D eigenvalue weighted by Gasteiger charge is 1.83. The lowest BCUT2D eigenvalue weighted by molar-refractivity contribution is 0.524. The summed E-state index contributed by atoms with van der Waals surface area (Å²) < 4.78 is 8.57. The topological polar surface area (TPSA) is 49.3 Å². The van der Waals surface area contributed by atoms with E-state index in [1.807, 2.05) is 7.05 Å². The summed E-state index contributed by atoms with van der Waals surface area (Å²) in [5.74, 6) is 0. The predicted molar refractivity (Wildman–Crippen MR) is 53.3 cm³/mol. The summed E-state index contributed by atoms with van der Waals surface area (Å²) in [7, 11) is 0.421. The van der Waals surface area contributed by atoms with E-state index in [9.17, 15) is 0 Å². The van der Waals surface area contributed by atoms with Crippen molar-refractivity contribution < 1.29 is 9.46 Å². The van der Waals surface area contributed by atoms with Crippen molar-refractivity contribution in [2.45, 2.75) is 6.92 Å². The van der Waals surface area contributed by atoms with Crippen LogP contribution in [0.15, 0.2) is 24.3 Å². The maximum absolute atomic E-state index is 8.57. The van der Waals surface area contributed by atoms with Crippen LogP contribution in [0.3, 0.4) is 0 Å². The van der Waals surface area contributed by atoms with Crippen molar-refractivity contribution >= 4 is 14.4 Å². The number of rotatable bonds is 1. The number of nitrogens with one attached hydrogen (secondary N) is 1. The van der Waals surface area contributed by atoms with Crippen molar-refractivity contribution in [3.05, 3.63) is 29.8 Å². The fourth-order valence-corrected chi connectivity index (χ4v) is 0.720. The Labute approximate surface area is 73.7 Å². The minimum absolute atomic E-state index is 1.17. The first-order valence-electron chi connectivity index (χ1n) is 3.57. The van der Waals surface area contributed by atoms with Gasteiger partial charge in [0.25, 0.3) is 0 Å². The second kappa shape index (κ2) is 6.89. The minimum Gasteiger partial charge on any atom is -0.388 e. The Balaban J connectivity index is 0.000000354. The third-order valence-electron chi connectivity index (χ3n) is 1.34. The summed E-state index contributed by atoms with van der Waals surface area (Å²) in [6.45, 7) is 2.08. The molecule has 4 heteroatoms. The zero-order valence-electron chi connectivity index (χ0n) is 7.24. The first kappa shape index (κ1) is 11.2. The smallest absolute Gasteiger partial charge is 0.177 e. The summed E-state index contributed by atoms with van der Waals surface area (Å²) in [4.78, 5) is 7.10. The van der Waals surface area contributed by atoms with Crippen LogP contribution in [-0.2, 0) is 4.57 Å². The van der Waals surface area contributed by atoms with Crippen LogP contribution in [0.1, 0.15) is 5.56 Å². The molecule has 2 N–H and O–H groups in total. The molecule has 1 aromatic rings. The molecule has 1 aromatic carbocycles. The van der Waals surface area contributed by atoms with E-state index in [-0.39, 0.29) is 0 Å². The molecule has 0 aliphatic rings. The van der Waals surface area contributed by atoms with Gasteiger partial charge in [0.15, 0.2) is 8.69 Å². The Morgan fingerprint density at radius 1 is 1.33 bits per heavy atom. The van der Waals surface area contributed by atoms with Gasteiger partial charge in [-0.2, -0.15) is 0 Å². The third-order valence-corrected chi connectivity index (χ3v) is 1.34. The van der Waals surface area contributed by atoms with E-state index in [0.29, 0.717) is 0 Å². The fraction of sp³-hybridized carbons (Fsp3) is 0.250. The molecule has 68 valence electrons. The monoisotopic (exact) mass is 187 g/mol. The normalized spacial score (nSPS) is 9.25. The standard InChI is InChI=1S/C8H11N.H3O2P/c1-7-3-5-8(9-2)6-4-7;1-3-2/h3-6,9H,1-2H3;3H2,(H,1,2). The summed E-state index contributed by atoms with van der Waals surface area (Å²) in [5, 5.41) is 3.05. The molecule has 3 nitrogen and oxygen atoms in total. The average Bonchev–Trinajstić information content (AvgIpc) is 2.07. The van der Waals surface area contributed by atoms with Crippen LogP contribution in [0.4, 0.5) is 5.69 Å². The minimum atomic E-state index is -1.50. The van der Waals surface area contributed by atoms with Gasteiger partial charge in [-0.05, 0) is 19.1 Å². The molecule has 1 rings (SSSR count). The van der Waals surface area contributed by atoms with E-state index < -0.39 is 8.69 Å². The lowest BCUT2D eigenvalue weighted by Crippen LogP contribution is -1.85. The molecule has 0 saturated heterocycles. The van der Waals surface area contributed by atoms with Gasteiger partial charge in [-0.15, -0.1) is 0 Å². The number of hydrogen-bond acceptors (Lipinski definition) is 2. The van der Waals surface area contributed by atoms with Crippen molar-refractivity contribution in [3.63, 3.8) is 0 Å². The molecule has 0 radical (unpaired) electrons. The molecule has 12 heavy (non-hydrogen) atoms. The van der Waals surface area contributed by atoms with Gasteiger partial charge in [0, 0.05) is 12.7 Å². The molecule has 0 saturated carbocycles. The highest BCUT2D eigenvalue weighted by Crippen LogP contribution is 2.06.